The fraction of sp³-hybridized carbons (Fsp3) is 0.154. The standard InChI is InChI=1S/C13H10O3/c1-3-5-9-6-4-7-10-11(9)8(2)12(16-10)13(14)15/h4,6-7H,1-2H3,(H,14,15). The second-order valence-corrected chi connectivity index (χ2v) is 3.42. The Bertz CT molecular complexity index is 624. The van der Waals surface area contributed by atoms with E-state index < -0.39 is 5.97 Å². The molecular formula is C13H10O3. The van der Waals surface area contributed by atoms with Crippen LogP contribution in [0.5, 0.6) is 0 Å². The summed E-state index contributed by atoms with van der Waals surface area (Å²) < 4.78 is 5.28. The first-order valence-corrected chi connectivity index (χ1v) is 4.83. The molecule has 3 nitrogen and oxygen atoms in total. The lowest BCUT2D eigenvalue weighted by Crippen LogP contribution is -1.95. The smallest absolute Gasteiger partial charge is 0.372 e. The minimum Gasteiger partial charge on any atom is -0.475 e. The van der Waals surface area contributed by atoms with Crippen molar-refractivity contribution in [3.05, 3.63) is 35.1 Å². The number of carbonyl (C=O) groups is 1. The van der Waals surface area contributed by atoms with Gasteiger partial charge in [0, 0.05) is 16.5 Å². The van der Waals surface area contributed by atoms with Crippen LogP contribution in [0.3, 0.4) is 0 Å². The summed E-state index contributed by atoms with van der Waals surface area (Å²) in [6.07, 6.45) is 0. The van der Waals surface area contributed by atoms with Crippen LogP contribution >= 0.6 is 0 Å². The molecule has 2 rings (SSSR count). The van der Waals surface area contributed by atoms with E-state index in [1.165, 1.54) is 0 Å². The van der Waals surface area contributed by atoms with Crippen LogP contribution in [0.1, 0.15) is 28.6 Å². The topological polar surface area (TPSA) is 50.4 Å². The van der Waals surface area contributed by atoms with Gasteiger partial charge in [0.1, 0.15) is 5.58 Å². The minimum absolute atomic E-state index is 0.0136. The molecule has 16 heavy (non-hydrogen) atoms. The van der Waals surface area contributed by atoms with E-state index in [0.29, 0.717) is 11.1 Å². The maximum absolute atomic E-state index is 10.9. The molecule has 0 radical (unpaired) electrons. The van der Waals surface area contributed by atoms with Crippen molar-refractivity contribution in [1.82, 2.24) is 0 Å². The Hall–Kier alpha value is -2.21. The van der Waals surface area contributed by atoms with Crippen LogP contribution in [0, 0.1) is 18.8 Å². The number of fused-ring (bicyclic) bond motifs is 1. The number of benzene rings is 1. The molecule has 1 aromatic carbocycles. The quantitative estimate of drug-likeness (QED) is 0.742. The lowest BCUT2D eigenvalue weighted by molar-refractivity contribution is 0.0664. The van der Waals surface area contributed by atoms with Crippen LogP contribution < -0.4 is 0 Å². The first-order chi connectivity index (χ1) is 7.65. The van der Waals surface area contributed by atoms with Crippen LogP contribution in [0.2, 0.25) is 0 Å². The summed E-state index contributed by atoms with van der Waals surface area (Å²) in [6.45, 7) is 3.47. The molecule has 0 aliphatic heterocycles. The zero-order valence-corrected chi connectivity index (χ0v) is 9.00. The average molecular weight is 214 g/mol. The van der Waals surface area contributed by atoms with E-state index in [1.807, 2.05) is 6.07 Å². The molecule has 0 bridgehead atoms. The molecule has 1 heterocycles. The van der Waals surface area contributed by atoms with Crippen molar-refractivity contribution in [2.45, 2.75) is 13.8 Å². The van der Waals surface area contributed by atoms with E-state index >= 15 is 0 Å². The van der Waals surface area contributed by atoms with Gasteiger partial charge < -0.3 is 9.52 Å². The summed E-state index contributed by atoms with van der Waals surface area (Å²) in [4.78, 5) is 10.9. The molecule has 2 aromatic rings. The monoisotopic (exact) mass is 214 g/mol. The molecule has 3 heteroatoms. The Balaban J connectivity index is 2.85. The van der Waals surface area contributed by atoms with Crippen molar-refractivity contribution in [3.8, 4) is 11.8 Å². The van der Waals surface area contributed by atoms with Gasteiger partial charge in [-0.2, -0.15) is 0 Å². The van der Waals surface area contributed by atoms with Crippen molar-refractivity contribution >= 4 is 16.9 Å². The minimum atomic E-state index is -1.05. The average Bonchev–Trinajstić information content (AvgIpc) is 2.58. The van der Waals surface area contributed by atoms with Gasteiger partial charge in [0.25, 0.3) is 0 Å². The van der Waals surface area contributed by atoms with E-state index in [0.717, 1.165) is 10.9 Å². The molecule has 0 aliphatic rings. The SMILES string of the molecule is CC#Cc1cccc2oc(C(=O)O)c(C)c12. The maximum atomic E-state index is 10.9. The van der Waals surface area contributed by atoms with Gasteiger partial charge in [-0.05, 0) is 26.0 Å². The third-order valence-electron chi connectivity index (χ3n) is 2.41. The van der Waals surface area contributed by atoms with Crippen LogP contribution in [-0.2, 0) is 0 Å². The Morgan fingerprint density at radius 3 is 2.81 bits per heavy atom. The number of furan rings is 1. The maximum Gasteiger partial charge on any atom is 0.372 e. The summed E-state index contributed by atoms with van der Waals surface area (Å²) in [5, 5.41) is 9.74. The van der Waals surface area contributed by atoms with Gasteiger partial charge in [-0.1, -0.05) is 12.0 Å². The number of carboxylic acids is 1. The Morgan fingerprint density at radius 1 is 1.44 bits per heavy atom. The lowest BCUT2D eigenvalue weighted by atomic mass is 10.1. The summed E-state index contributed by atoms with van der Waals surface area (Å²) >= 11 is 0. The van der Waals surface area contributed by atoms with Gasteiger partial charge in [-0.25, -0.2) is 4.79 Å². The Kier molecular flexibility index (Phi) is 2.41. The van der Waals surface area contributed by atoms with Crippen LogP contribution in [0.4, 0.5) is 0 Å². The molecule has 0 saturated heterocycles. The first-order valence-electron chi connectivity index (χ1n) is 4.83. The first kappa shape index (κ1) is 10.3. The number of aryl methyl sites for hydroxylation is 1. The second kappa shape index (κ2) is 3.74. The predicted octanol–water partition coefficient (Wildman–Crippen LogP) is 2.81. The van der Waals surface area contributed by atoms with E-state index in [4.69, 9.17) is 9.52 Å². The van der Waals surface area contributed by atoms with Crippen LogP contribution in [-0.4, -0.2) is 11.1 Å². The van der Waals surface area contributed by atoms with E-state index in [-0.39, 0.29) is 5.76 Å². The van der Waals surface area contributed by atoms with Crippen molar-refractivity contribution in [1.29, 1.82) is 0 Å². The van der Waals surface area contributed by atoms with Crippen LogP contribution in [0.25, 0.3) is 11.0 Å². The zero-order chi connectivity index (χ0) is 11.7. The van der Waals surface area contributed by atoms with Crippen molar-refractivity contribution in [2.24, 2.45) is 0 Å². The van der Waals surface area contributed by atoms with E-state index in [1.54, 1.807) is 26.0 Å². The van der Waals surface area contributed by atoms with Gasteiger partial charge in [0.15, 0.2) is 0 Å². The van der Waals surface area contributed by atoms with Gasteiger partial charge in [-0.15, -0.1) is 5.92 Å². The molecular weight excluding hydrogens is 204 g/mol. The van der Waals surface area contributed by atoms with Gasteiger partial charge in [0.05, 0.1) is 0 Å². The van der Waals surface area contributed by atoms with Gasteiger partial charge in [0.2, 0.25) is 5.76 Å². The van der Waals surface area contributed by atoms with Crippen molar-refractivity contribution < 1.29 is 14.3 Å². The molecule has 0 fully saturated rings. The third-order valence-corrected chi connectivity index (χ3v) is 2.41. The normalized spacial score (nSPS) is 9.88. The van der Waals surface area contributed by atoms with Crippen LogP contribution in [0.15, 0.2) is 22.6 Å². The largest absolute Gasteiger partial charge is 0.475 e. The highest BCUT2D eigenvalue weighted by Crippen LogP contribution is 2.27. The van der Waals surface area contributed by atoms with E-state index in [9.17, 15) is 4.79 Å². The molecule has 0 spiro atoms. The Morgan fingerprint density at radius 2 is 2.19 bits per heavy atom. The molecule has 1 N–H and O–H groups in total. The molecule has 0 saturated carbocycles. The van der Waals surface area contributed by atoms with Crippen molar-refractivity contribution in [2.75, 3.05) is 0 Å². The summed E-state index contributed by atoms with van der Waals surface area (Å²) in [5.41, 5.74) is 1.99. The number of aromatic carboxylic acids is 1. The number of hydrogen-bond acceptors (Lipinski definition) is 2. The highest BCUT2D eigenvalue weighted by molar-refractivity contribution is 5.97. The number of rotatable bonds is 1. The molecule has 0 unspecified atom stereocenters. The molecule has 1 aromatic heterocycles. The highest BCUT2D eigenvalue weighted by Gasteiger charge is 2.17. The van der Waals surface area contributed by atoms with Crippen molar-refractivity contribution in [3.63, 3.8) is 0 Å². The molecule has 0 amide bonds. The summed E-state index contributed by atoms with van der Waals surface area (Å²) in [6, 6.07) is 5.40. The van der Waals surface area contributed by atoms with Gasteiger partial charge >= 0.3 is 5.97 Å². The Labute approximate surface area is 92.7 Å². The predicted molar refractivity (Wildman–Crippen MR) is 60.5 cm³/mol. The molecule has 0 atom stereocenters. The molecule has 80 valence electrons. The second-order valence-electron chi connectivity index (χ2n) is 3.42. The molecule has 0 aliphatic carbocycles. The van der Waals surface area contributed by atoms with Gasteiger partial charge in [-0.3, -0.25) is 0 Å². The summed E-state index contributed by atoms with van der Waals surface area (Å²) in [7, 11) is 0. The third kappa shape index (κ3) is 1.45. The fourth-order valence-corrected chi connectivity index (χ4v) is 1.75. The van der Waals surface area contributed by atoms with E-state index in [2.05, 4.69) is 11.8 Å². The lowest BCUT2D eigenvalue weighted by Gasteiger charge is -1.93. The zero-order valence-electron chi connectivity index (χ0n) is 9.00. The fourth-order valence-electron chi connectivity index (χ4n) is 1.75. The number of hydrogen-bond donors (Lipinski definition) is 1. The summed E-state index contributed by atoms with van der Waals surface area (Å²) in [5.74, 6) is 4.68. The highest BCUT2D eigenvalue weighted by atomic mass is 16.4. The number of carboxylic acid groups (broad SMARTS) is 1.